The lowest BCUT2D eigenvalue weighted by Gasteiger charge is -2.22. The molecule has 1 N–H and O–H groups in total. The molecule has 0 radical (unpaired) electrons. The topological polar surface area (TPSA) is 29.1 Å². The summed E-state index contributed by atoms with van der Waals surface area (Å²) >= 11 is 0. The van der Waals surface area contributed by atoms with Crippen LogP contribution in [-0.4, -0.2) is 12.5 Å². The van der Waals surface area contributed by atoms with E-state index in [0.29, 0.717) is 17.0 Å². The van der Waals surface area contributed by atoms with Crippen LogP contribution in [0.2, 0.25) is 0 Å². The van der Waals surface area contributed by atoms with Crippen LogP contribution in [0.3, 0.4) is 0 Å². The lowest BCUT2D eigenvalue weighted by atomic mass is 9.89. The Labute approximate surface area is 113 Å². The molecular weight excluding hydrogens is 241 g/mol. The largest absolute Gasteiger partial charge is 0.352 e. The number of nitrogens with one attached hydrogen (secondary N) is 1. The molecular formula is C16H20FNO. The Morgan fingerprint density at radius 2 is 2.21 bits per heavy atom. The number of hydrogen-bond acceptors (Lipinski definition) is 1. The van der Waals surface area contributed by atoms with Crippen molar-refractivity contribution in [3.05, 3.63) is 35.1 Å². The van der Waals surface area contributed by atoms with Gasteiger partial charge in [0.05, 0.1) is 0 Å². The van der Waals surface area contributed by atoms with Crippen LogP contribution >= 0.6 is 0 Å². The van der Waals surface area contributed by atoms with Gasteiger partial charge in [-0.1, -0.05) is 6.42 Å². The fourth-order valence-electron chi connectivity index (χ4n) is 3.83. The van der Waals surface area contributed by atoms with Crippen LogP contribution in [0.1, 0.15) is 41.6 Å². The average molecular weight is 261 g/mol. The van der Waals surface area contributed by atoms with Crippen molar-refractivity contribution in [3.8, 4) is 0 Å². The summed E-state index contributed by atoms with van der Waals surface area (Å²) < 4.78 is 13.0. The molecule has 19 heavy (non-hydrogen) atoms. The van der Waals surface area contributed by atoms with Gasteiger partial charge in [-0.2, -0.15) is 0 Å². The van der Waals surface area contributed by atoms with Gasteiger partial charge in [-0.25, -0.2) is 4.39 Å². The molecule has 0 heterocycles. The van der Waals surface area contributed by atoms with Gasteiger partial charge in [-0.15, -0.1) is 0 Å². The Hall–Kier alpha value is -1.38. The molecule has 2 nitrogen and oxygen atoms in total. The van der Waals surface area contributed by atoms with Crippen molar-refractivity contribution in [1.82, 2.24) is 5.32 Å². The number of fused-ring (bicyclic) bond motifs is 2. The smallest absolute Gasteiger partial charge is 0.251 e. The third-order valence-corrected chi connectivity index (χ3v) is 4.84. The predicted molar refractivity (Wildman–Crippen MR) is 72.4 cm³/mol. The molecule has 3 atom stereocenters. The standard InChI is InChI=1S/C16H20FNO/c1-10-6-14(17)4-5-15(10)16(19)18-9-13-8-11-2-3-12(13)7-11/h4-6,11-13H,2-3,7-9H2,1H3,(H,18,19). The highest BCUT2D eigenvalue weighted by Crippen LogP contribution is 2.47. The summed E-state index contributed by atoms with van der Waals surface area (Å²) in [6.45, 7) is 2.55. The van der Waals surface area contributed by atoms with Crippen LogP contribution in [-0.2, 0) is 0 Å². The van der Waals surface area contributed by atoms with E-state index in [4.69, 9.17) is 0 Å². The van der Waals surface area contributed by atoms with Gasteiger partial charge in [0.1, 0.15) is 5.82 Å². The highest BCUT2D eigenvalue weighted by Gasteiger charge is 2.39. The van der Waals surface area contributed by atoms with E-state index in [0.717, 1.165) is 18.4 Å². The highest BCUT2D eigenvalue weighted by molar-refractivity contribution is 5.95. The van der Waals surface area contributed by atoms with E-state index in [1.54, 1.807) is 13.0 Å². The first kappa shape index (κ1) is 12.6. The molecule has 3 rings (SSSR count). The molecule has 2 fully saturated rings. The number of carbonyl (C=O) groups excluding carboxylic acids is 1. The number of benzene rings is 1. The van der Waals surface area contributed by atoms with Crippen molar-refractivity contribution in [2.75, 3.05) is 6.54 Å². The van der Waals surface area contributed by atoms with E-state index in [-0.39, 0.29) is 11.7 Å². The molecule has 1 amide bonds. The maximum absolute atomic E-state index is 13.0. The molecule has 0 spiro atoms. The van der Waals surface area contributed by atoms with Crippen molar-refractivity contribution in [2.24, 2.45) is 17.8 Å². The first-order valence-corrected chi connectivity index (χ1v) is 7.18. The summed E-state index contributed by atoms with van der Waals surface area (Å²) in [6.07, 6.45) is 5.34. The SMILES string of the molecule is Cc1cc(F)ccc1C(=O)NCC1CC2CCC1C2. The minimum atomic E-state index is -0.290. The monoisotopic (exact) mass is 261 g/mol. The average Bonchev–Trinajstić information content (AvgIpc) is 2.98. The van der Waals surface area contributed by atoms with Crippen molar-refractivity contribution in [1.29, 1.82) is 0 Å². The molecule has 2 aliphatic carbocycles. The Morgan fingerprint density at radius 1 is 1.37 bits per heavy atom. The number of aryl methyl sites for hydroxylation is 1. The Kier molecular flexibility index (Phi) is 3.29. The molecule has 2 bridgehead atoms. The summed E-state index contributed by atoms with van der Waals surface area (Å²) in [7, 11) is 0. The minimum absolute atomic E-state index is 0.0692. The van der Waals surface area contributed by atoms with Crippen molar-refractivity contribution in [2.45, 2.75) is 32.6 Å². The van der Waals surface area contributed by atoms with Crippen molar-refractivity contribution in [3.63, 3.8) is 0 Å². The molecule has 2 aliphatic rings. The van der Waals surface area contributed by atoms with Crippen LogP contribution in [0.5, 0.6) is 0 Å². The van der Waals surface area contributed by atoms with E-state index in [9.17, 15) is 9.18 Å². The predicted octanol–water partition coefficient (Wildman–Crippen LogP) is 3.30. The lowest BCUT2D eigenvalue weighted by Crippen LogP contribution is -2.32. The van der Waals surface area contributed by atoms with Crippen LogP contribution in [0, 0.1) is 30.5 Å². The molecule has 0 aromatic heterocycles. The van der Waals surface area contributed by atoms with E-state index in [2.05, 4.69) is 5.32 Å². The maximum atomic E-state index is 13.0. The summed E-state index contributed by atoms with van der Waals surface area (Å²) in [6, 6.07) is 4.33. The van der Waals surface area contributed by atoms with Gasteiger partial charge in [-0.05, 0) is 67.7 Å². The number of rotatable bonds is 3. The van der Waals surface area contributed by atoms with Gasteiger partial charge < -0.3 is 5.32 Å². The fourth-order valence-corrected chi connectivity index (χ4v) is 3.83. The van der Waals surface area contributed by atoms with Gasteiger partial charge in [0, 0.05) is 12.1 Å². The minimum Gasteiger partial charge on any atom is -0.352 e. The summed E-state index contributed by atoms with van der Waals surface area (Å²) in [5, 5.41) is 3.02. The van der Waals surface area contributed by atoms with Crippen LogP contribution < -0.4 is 5.32 Å². The van der Waals surface area contributed by atoms with E-state index >= 15 is 0 Å². The van der Waals surface area contributed by atoms with E-state index < -0.39 is 0 Å². The van der Waals surface area contributed by atoms with Gasteiger partial charge >= 0.3 is 0 Å². The molecule has 102 valence electrons. The summed E-state index contributed by atoms with van der Waals surface area (Å²) in [5.41, 5.74) is 1.29. The molecule has 3 heteroatoms. The van der Waals surface area contributed by atoms with Gasteiger partial charge in [0.25, 0.3) is 5.91 Å². The Bertz CT molecular complexity index is 500. The van der Waals surface area contributed by atoms with Crippen LogP contribution in [0.25, 0.3) is 0 Å². The van der Waals surface area contributed by atoms with Crippen LogP contribution in [0.4, 0.5) is 4.39 Å². The first-order chi connectivity index (χ1) is 9.13. The van der Waals surface area contributed by atoms with Crippen molar-refractivity contribution < 1.29 is 9.18 Å². The quantitative estimate of drug-likeness (QED) is 0.888. The Morgan fingerprint density at radius 3 is 2.84 bits per heavy atom. The summed E-state index contributed by atoms with van der Waals surface area (Å²) in [4.78, 5) is 12.1. The lowest BCUT2D eigenvalue weighted by molar-refractivity contribution is 0.0941. The highest BCUT2D eigenvalue weighted by atomic mass is 19.1. The maximum Gasteiger partial charge on any atom is 0.251 e. The molecule has 0 saturated heterocycles. The number of carbonyl (C=O) groups is 1. The van der Waals surface area contributed by atoms with E-state index in [1.807, 2.05) is 0 Å². The number of halogens is 1. The van der Waals surface area contributed by atoms with E-state index in [1.165, 1.54) is 37.8 Å². The molecule has 3 unspecified atom stereocenters. The third-order valence-electron chi connectivity index (χ3n) is 4.84. The van der Waals surface area contributed by atoms with Crippen LogP contribution in [0.15, 0.2) is 18.2 Å². The molecule has 0 aliphatic heterocycles. The zero-order valence-electron chi connectivity index (χ0n) is 11.3. The van der Waals surface area contributed by atoms with Gasteiger partial charge in [0.15, 0.2) is 0 Å². The first-order valence-electron chi connectivity index (χ1n) is 7.18. The second-order valence-electron chi connectivity index (χ2n) is 6.10. The zero-order valence-corrected chi connectivity index (χ0v) is 11.3. The molecule has 1 aromatic carbocycles. The number of hydrogen-bond donors (Lipinski definition) is 1. The zero-order chi connectivity index (χ0) is 13.4. The summed E-state index contributed by atoms with van der Waals surface area (Å²) in [5.74, 6) is 2.02. The normalized spacial score (nSPS) is 28.6. The van der Waals surface area contributed by atoms with Gasteiger partial charge in [-0.3, -0.25) is 4.79 Å². The molecule has 2 saturated carbocycles. The fraction of sp³-hybridized carbons (Fsp3) is 0.562. The van der Waals surface area contributed by atoms with Crippen molar-refractivity contribution >= 4 is 5.91 Å². The number of amides is 1. The third kappa shape index (κ3) is 2.51. The second kappa shape index (κ2) is 4.95. The Balaban J connectivity index is 1.59. The second-order valence-corrected chi connectivity index (χ2v) is 6.10. The van der Waals surface area contributed by atoms with Gasteiger partial charge in [0.2, 0.25) is 0 Å². The molecule has 1 aromatic rings.